The zero-order valence-electron chi connectivity index (χ0n) is 13.7. The molecule has 22 heavy (non-hydrogen) atoms. The summed E-state index contributed by atoms with van der Waals surface area (Å²) < 4.78 is 5.25. The predicted molar refractivity (Wildman–Crippen MR) is 103 cm³/mol. The van der Waals surface area contributed by atoms with Gasteiger partial charge in [-0.15, -0.1) is 30.6 Å². The van der Waals surface area contributed by atoms with Crippen LogP contribution >= 0.6 is 24.0 Å². The summed E-state index contributed by atoms with van der Waals surface area (Å²) in [5, 5.41) is 3.31. The van der Waals surface area contributed by atoms with Gasteiger partial charge >= 0.3 is 0 Å². The van der Waals surface area contributed by atoms with Gasteiger partial charge in [0.1, 0.15) is 0 Å². The number of halogens is 1. The largest absolute Gasteiger partial charge is 0.481 e. The lowest BCUT2D eigenvalue weighted by molar-refractivity contribution is 0.392. The molecular weight excluding hydrogens is 391 g/mol. The van der Waals surface area contributed by atoms with E-state index in [-0.39, 0.29) is 24.0 Å². The molecule has 1 N–H and O–H groups in total. The van der Waals surface area contributed by atoms with Crippen LogP contribution < -0.4 is 10.1 Å². The number of hydrogen-bond donors (Lipinski definition) is 1. The van der Waals surface area contributed by atoms with Crippen LogP contribution in [0.2, 0.25) is 0 Å². The third-order valence-corrected chi connectivity index (χ3v) is 3.04. The van der Waals surface area contributed by atoms with Gasteiger partial charge in [-0.2, -0.15) is 0 Å². The monoisotopic (exact) mass is 418 g/mol. The normalized spacial score (nSPS) is 10.6. The van der Waals surface area contributed by atoms with Crippen molar-refractivity contribution in [2.24, 2.45) is 4.99 Å². The summed E-state index contributed by atoms with van der Waals surface area (Å²) in [6, 6.07) is 3.88. The van der Waals surface area contributed by atoms with Crippen LogP contribution in [0, 0.1) is 0 Å². The van der Waals surface area contributed by atoms with Crippen molar-refractivity contribution in [3.63, 3.8) is 0 Å². The highest BCUT2D eigenvalue weighted by Crippen LogP contribution is 2.14. The van der Waals surface area contributed by atoms with Crippen molar-refractivity contribution >= 4 is 29.9 Å². The van der Waals surface area contributed by atoms with Crippen LogP contribution in [0.15, 0.2) is 36.0 Å². The average Bonchev–Trinajstić information content (AvgIpc) is 2.51. The Kier molecular flexibility index (Phi) is 11.5. The number of guanidine groups is 1. The number of nitrogens with one attached hydrogen (secondary N) is 1. The zero-order valence-corrected chi connectivity index (χ0v) is 16.0. The molecule has 5 nitrogen and oxygen atoms in total. The molecule has 0 unspecified atom stereocenters. The number of aliphatic imine (C=N–C) groups is 1. The first-order chi connectivity index (χ1) is 10.2. The average molecular weight is 418 g/mol. The molecule has 124 valence electrons. The Morgan fingerprint density at radius 1 is 1.55 bits per heavy atom. The molecule has 1 heterocycles. The van der Waals surface area contributed by atoms with Crippen molar-refractivity contribution in [1.82, 2.24) is 15.2 Å². The molecule has 6 heteroatoms. The van der Waals surface area contributed by atoms with Gasteiger partial charge in [-0.25, -0.2) is 9.98 Å². The Hall–Kier alpha value is -1.31. The van der Waals surface area contributed by atoms with E-state index in [9.17, 15) is 0 Å². The predicted octanol–water partition coefficient (Wildman–Crippen LogP) is 3.07. The number of aromatic nitrogens is 1. The molecule has 1 rings (SSSR count). The third kappa shape index (κ3) is 7.11. The highest BCUT2D eigenvalue weighted by atomic mass is 127. The lowest BCUT2D eigenvalue weighted by Crippen LogP contribution is -2.39. The van der Waals surface area contributed by atoms with Gasteiger partial charge < -0.3 is 15.0 Å². The van der Waals surface area contributed by atoms with E-state index in [4.69, 9.17) is 4.74 Å². The van der Waals surface area contributed by atoms with E-state index in [1.54, 1.807) is 13.3 Å². The molecule has 0 amide bonds. The van der Waals surface area contributed by atoms with Gasteiger partial charge in [0.05, 0.1) is 13.7 Å². The second-order valence-electron chi connectivity index (χ2n) is 4.69. The molecule has 1 aromatic rings. The molecule has 0 aliphatic heterocycles. The highest BCUT2D eigenvalue weighted by molar-refractivity contribution is 14.0. The fourth-order valence-electron chi connectivity index (χ4n) is 1.94. The number of allylic oxidation sites excluding steroid dienone is 1. The summed E-state index contributed by atoms with van der Waals surface area (Å²) in [6.45, 7) is 8.15. The first kappa shape index (κ1) is 20.7. The summed E-state index contributed by atoms with van der Waals surface area (Å²) in [5.74, 6) is 1.53. The van der Waals surface area contributed by atoms with E-state index in [0.717, 1.165) is 37.5 Å². The number of nitrogens with zero attached hydrogens (tertiary/aromatic N) is 3. The Morgan fingerprint density at radius 2 is 2.32 bits per heavy atom. The fraction of sp³-hybridized carbons (Fsp3) is 0.500. The van der Waals surface area contributed by atoms with E-state index >= 15 is 0 Å². The van der Waals surface area contributed by atoms with E-state index in [1.165, 1.54) is 0 Å². The van der Waals surface area contributed by atoms with Gasteiger partial charge in [-0.1, -0.05) is 12.1 Å². The summed E-state index contributed by atoms with van der Waals surface area (Å²) in [4.78, 5) is 11.0. The van der Waals surface area contributed by atoms with Crippen molar-refractivity contribution < 1.29 is 4.74 Å². The summed E-state index contributed by atoms with van der Waals surface area (Å²) >= 11 is 0. The Morgan fingerprint density at radius 3 is 2.95 bits per heavy atom. The standard InChI is InChI=1S/C16H26N4O.HI/c1-5-7-8-12-20(3)16(17-6-2)19-13-14-10-9-11-18-15(14)21-4;/h5,9-11H,1,6-8,12-13H2,2-4H3,(H,17,19);1H. The van der Waals surface area contributed by atoms with E-state index in [1.807, 2.05) is 25.3 Å². The van der Waals surface area contributed by atoms with Gasteiger partial charge in [0, 0.05) is 31.9 Å². The van der Waals surface area contributed by atoms with Crippen LogP contribution in [-0.2, 0) is 6.54 Å². The Bertz CT molecular complexity index is 465. The first-order valence-corrected chi connectivity index (χ1v) is 7.31. The van der Waals surface area contributed by atoms with Crippen molar-refractivity contribution in [2.75, 3.05) is 27.2 Å². The van der Waals surface area contributed by atoms with Gasteiger partial charge in [0.2, 0.25) is 5.88 Å². The lowest BCUT2D eigenvalue weighted by Gasteiger charge is -2.21. The van der Waals surface area contributed by atoms with E-state index in [2.05, 4.69) is 33.7 Å². The maximum atomic E-state index is 5.25. The number of methoxy groups -OCH3 is 1. The molecule has 0 spiro atoms. The highest BCUT2D eigenvalue weighted by Gasteiger charge is 2.07. The molecule has 0 aliphatic carbocycles. The topological polar surface area (TPSA) is 49.8 Å². The van der Waals surface area contributed by atoms with Crippen LogP contribution in [0.5, 0.6) is 5.88 Å². The van der Waals surface area contributed by atoms with E-state index in [0.29, 0.717) is 12.4 Å². The van der Waals surface area contributed by atoms with Crippen molar-refractivity contribution in [1.29, 1.82) is 0 Å². The molecule has 0 saturated heterocycles. The number of hydrogen-bond acceptors (Lipinski definition) is 3. The van der Waals surface area contributed by atoms with Gasteiger partial charge in [-0.05, 0) is 25.8 Å². The minimum absolute atomic E-state index is 0. The van der Waals surface area contributed by atoms with Crippen molar-refractivity contribution in [2.45, 2.75) is 26.3 Å². The van der Waals surface area contributed by atoms with Gasteiger partial charge in [-0.3, -0.25) is 0 Å². The molecule has 0 radical (unpaired) electrons. The maximum Gasteiger partial charge on any atom is 0.218 e. The number of ether oxygens (including phenoxy) is 1. The molecule has 0 bridgehead atoms. The number of unbranched alkanes of at least 4 members (excludes halogenated alkanes) is 1. The first-order valence-electron chi connectivity index (χ1n) is 7.31. The van der Waals surface area contributed by atoms with Crippen molar-refractivity contribution in [3.8, 4) is 5.88 Å². The van der Waals surface area contributed by atoms with Crippen LogP contribution in [0.25, 0.3) is 0 Å². The lowest BCUT2D eigenvalue weighted by atomic mass is 10.3. The molecule has 0 saturated carbocycles. The smallest absolute Gasteiger partial charge is 0.218 e. The van der Waals surface area contributed by atoms with Crippen LogP contribution in [0.1, 0.15) is 25.3 Å². The Labute approximate surface area is 150 Å². The summed E-state index contributed by atoms with van der Waals surface area (Å²) in [5.41, 5.74) is 0.981. The fourth-order valence-corrected chi connectivity index (χ4v) is 1.94. The zero-order chi connectivity index (χ0) is 15.5. The SMILES string of the molecule is C=CCCCN(C)C(=NCc1cccnc1OC)NCC.I. The molecule has 0 aromatic carbocycles. The van der Waals surface area contributed by atoms with Crippen LogP contribution in [-0.4, -0.2) is 43.1 Å². The summed E-state index contributed by atoms with van der Waals surface area (Å²) in [6.07, 6.45) is 5.75. The maximum absolute atomic E-state index is 5.25. The van der Waals surface area contributed by atoms with Gasteiger partial charge in [0.25, 0.3) is 0 Å². The summed E-state index contributed by atoms with van der Waals surface area (Å²) in [7, 11) is 3.67. The van der Waals surface area contributed by atoms with Crippen molar-refractivity contribution in [3.05, 3.63) is 36.5 Å². The van der Waals surface area contributed by atoms with E-state index < -0.39 is 0 Å². The minimum atomic E-state index is 0. The molecule has 0 aliphatic rings. The van der Waals surface area contributed by atoms with Crippen LogP contribution in [0.4, 0.5) is 0 Å². The second-order valence-corrected chi connectivity index (χ2v) is 4.69. The quantitative estimate of drug-likeness (QED) is 0.232. The molecule has 0 atom stereocenters. The molecular formula is C16H27IN4O. The van der Waals surface area contributed by atoms with Crippen LogP contribution in [0.3, 0.4) is 0 Å². The minimum Gasteiger partial charge on any atom is -0.481 e. The second kappa shape index (κ2) is 12.3. The number of rotatable bonds is 8. The Balaban J connectivity index is 0.00000441. The number of pyridine rings is 1. The van der Waals surface area contributed by atoms with Gasteiger partial charge in [0.15, 0.2) is 5.96 Å². The third-order valence-electron chi connectivity index (χ3n) is 3.04. The molecule has 1 aromatic heterocycles. The molecule has 0 fully saturated rings.